The van der Waals surface area contributed by atoms with E-state index in [9.17, 15) is 27.5 Å². The van der Waals surface area contributed by atoms with Gasteiger partial charge in [0.15, 0.2) is 11.9 Å². The Morgan fingerprint density at radius 1 is 1.32 bits per heavy atom. The van der Waals surface area contributed by atoms with Gasteiger partial charge >= 0.3 is 6.18 Å². The van der Waals surface area contributed by atoms with Crippen LogP contribution in [0.3, 0.4) is 0 Å². The van der Waals surface area contributed by atoms with Gasteiger partial charge in [0.25, 0.3) is 6.47 Å². The van der Waals surface area contributed by atoms with E-state index in [4.69, 9.17) is 9.53 Å². The summed E-state index contributed by atoms with van der Waals surface area (Å²) in [5.41, 5.74) is 0.917. The molecule has 1 aliphatic heterocycles. The molecule has 1 saturated heterocycles. The van der Waals surface area contributed by atoms with Crippen LogP contribution in [-0.4, -0.2) is 77.8 Å². The predicted octanol–water partition coefficient (Wildman–Crippen LogP) is 3.60. The molecule has 4 rings (SSSR count). The highest BCUT2D eigenvalue weighted by atomic mass is 19.4. The Bertz CT molecular complexity index is 1260. The summed E-state index contributed by atoms with van der Waals surface area (Å²) in [5, 5.41) is 9.65. The van der Waals surface area contributed by atoms with Gasteiger partial charge < -0.3 is 23.9 Å². The second-order valence-electron chi connectivity index (χ2n) is 8.58. The zero-order valence-corrected chi connectivity index (χ0v) is 20.5. The number of halogens is 4. The fraction of sp³-hybridized carbons (Fsp3) is 0.400. The SMILES string of the molecule is CC(=O)c1ccc(-c2nc3cc(C(O)C(F)(F)F)ccn3c2CC2CN(C)CCO2)c(F)c1.COC=O. The molecule has 2 unspecified atom stereocenters. The second kappa shape index (κ2) is 11.8. The topological polar surface area (TPSA) is 93.4 Å². The van der Waals surface area contributed by atoms with Gasteiger partial charge in [-0.15, -0.1) is 0 Å². The number of rotatable bonds is 6. The van der Waals surface area contributed by atoms with Crippen molar-refractivity contribution >= 4 is 17.9 Å². The van der Waals surface area contributed by atoms with E-state index in [1.54, 1.807) is 4.40 Å². The predicted molar refractivity (Wildman–Crippen MR) is 126 cm³/mol. The van der Waals surface area contributed by atoms with Gasteiger partial charge in [-0.3, -0.25) is 9.59 Å². The van der Waals surface area contributed by atoms with Crippen molar-refractivity contribution in [3.05, 3.63) is 59.2 Å². The minimum absolute atomic E-state index is 0.126. The van der Waals surface area contributed by atoms with Crippen molar-refractivity contribution in [3.8, 4) is 11.3 Å². The summed E-state index contributed by atoms with van der Waals surface area (Å²) < 4.78 is 65.3. The Hall–Kier alpha value is -3.35. The molecule has 37 heavy (non-hydrogen) atoms. The van der Waals surface area contributed by atoms with Gasteiger partial charge in [-0.2, -0.15) is 13.2 Å². The summed E-state index contributed by atoms with van der Waals surface area (Å²) in [6, 6.07) is 6.36. The fourth-order valence-electron chi connectivity index (χ4n) is 4.01. The van der Waals surface area contributed by atoms with Gasteiger partial charge in [-0.25, -0.2) is 9.37 Å². The molecule has 0 amide bonds. The summed E-state index contributed by atoms with van der Waals surface area (Å²) >= 11 is 0. The average Bonchev–Trinajstić information content (AvgIpc) is 3.20. The zero-order valence-electron chi connectivity index (χ0n) is 20.5. The second-order valence-corrected chi connectivity index (χ2v) is 8.58. The number of pyridine rings is 1. The highest BCUT2D eigenvalue weighted by Gasteiger charge is 2.39. The van der Waals surface area contributed by atoms with Crippen molar-refractivity contribution in [2.24, 2.45) is 0 Å². The Balaban J connectivity index is 0.000000886. The zero-order chi connectivity index (χ0) is 27.3. The highest BCUT2D eigenvalue weighted by Crippen LogP contribution is 2.34. The number of nitrogens with zero attached hydrogens (tertiary/aromatic N) is 3. The monoisotopic (exact) mass is 525 g/mol. The number of carbonyl (C=O) groups is 2. The van der Waals surface area contributed by atoms with Crippen LogP contribution in [0, 0.1) is 5.82 Å². The van der Waals surface area contributed by atoms with E-state index < -0.39 is 18.1 Å². The number of aliphatic hydroxyl groups is 1. The number of aromatic nitrogens is 2. The average molecular weight is 525 g/mol. The molecule has 0 saturated carbocycles. The number of aliphatic hydroxyl groups excluding tert-OH is 1. The number of ether oxygens (including phenoxy) is 2. The van der Waals surface area contributed by atoms with E-state index in [1.165, 1.54) is 38.4 Å². The maximum absolute atomic E-state index is 15.0. The van der Waals surface area contributed by atoms with Crippen LogP contribution in [0.4, 0.5) is 17.6 Å². The van der Waals surface area contributed by atoms with Gasteiger partial charge in [0.05, 0.1) is 31.2 Å². The van der Waals surface area contributed by atoms with Gasteiger partial charge in [0, 0.05) is 36.8 Å². The Labute approximate surface area is 210 Å². The van der Waals surface area contributed by atoms with Crippen LogP contribution in [0.25, 0.3) is 16.9 Å². The minimum atomic E-state index is -4.83. The molecule has 12 heteroatoms. The number of morpholine rings is 1. The van der Waals surface area contributed by atoms with Crippen molar-refractivity contribution < 1.29 is 41.7 Å². The number of fused-ring (bicyclic) bond motifs is 1. The molecule has 3 heterocycles. The van der Waals surface area contributed by atoms with Crippen LogP contribution in [-0.2, 0) is 20.7 Å². The number of Topliss-reactive ketones (excluding diaryl/α,β-unsaturated/α-hetero) is 1. The molecular formula is C25H27F4N3O5. The van der Waals surface area contributed by atoms with E-state index in [0.29, 0.717) is 31.7 Å². The van der Waals surface area contributed by atoms with Crippen LogP contribution in [0.15, 0.2) is 36.5 Å². The molecule has 3 aromatic rings. The number of likely N-dealkylation sites (N-methyl/N-ethyl adjacent to an activating group) is 1. The normalized spacial score (nSPS) is 17.1. The molecule has 0 bridgehead atoms. The third-order valence-corrected chi connectivity index (χ3v) is 5.86. The van der Waals surface area contributed by atoms with Crippen molar-refractivity contribution in [1.82, 2.24) is 14.3 Å². The lowest BCUT2D eigenvalue weighted by molar-refractivity contribution is -0.206. The van der Waals surface area contributed by atoms with Crippen LogP contribution >= 0.6 is 0 Å². The number of ketones is 1. The number of hydrogen-bond acceptors (Lipinski definition) is 7. The van der Waals surface area contributed by atoms with E-state index in [-0.39, 0.29) is 39.9 Å². The molecule has 1 fully saturated rings. The molecule has 8 nitrogen and oxygen atoms in total. The van der Waals surface area contributed by atoms with Gasteiger partial charge in [0.2, 0.25) is 0 Å². The highest BCUT2D eigenvalue weighted by molar-refractivity contribution is 5.94. The summed E-state index contributed by atoms with van der Waals surface area (Å²) in [6.45, 7) is 3.63. The van der Waals surface area contributed by atoms with Crippen molar-refractivity contribution in [2.75, 3.05) is 33.9 Å². The summed E-state index contributed by atoms with van der Waals surface area (Å²) in [5.74, 6) is -0.954. The molecule has 2 aromatic heterocycles. The first kappa shape index (κ1) is 28.2. The van der Waals surface area contributed by atoms with E-state index in [1.807, 2.05) is 7.05 Å². The summed E-state index contributed by atoms with van der Waals surface area (Å²) in [4.78, 5) is 27.1. The number of benzene rings is 1. The number of imidazole rings is 1. The molecule has 0 aliphatic carbocycles. The molecule has 2 atom stereocenters. The first-order chi connectivity index (χ1) is 17.5. The van der Waals surface area contributed by atoms with Crippen molar-refractivity contribution in [1.29, 1.82) is 0 Å². The molecule has 1 aliphatic rings. The first-order valence-electron chi connectivity index (χ1n) is 11.3. The molecule has 0 spiro atoms. The molecule has 1 N–H and O–H groups in total. The summed E-state index contributed by atoms with van der Waals surface area (Å²) in [7, 11) is 3.27. The minimum Gasteiger partial charge on any atom is -0.471 e. The number of alkyl halides is 3. The van der Waals surface area contributed by atoms with E-state index >= 15 is 0 Å². The van der Waals surface area contributed by atoms with Gasteiger partial charge in [0.1, 0.15) is 11.5 Å². The third kappa shape index (κ3) is 6.70. The lowest BCUT2D eigenvalue weighted by atomic mass is 10.0. The Morgan fingerprint density at radius 3 is 2.59 bits per heavy atom. The van der Waals surface area contributed by atoms with Crippen LogP contribution < -0.4 is 0 Å². The van der Waals surface area contributed by atoms with Gasteiger partial charge in [-0.1, -0.05) is 6.07 Å². The maximum Gasteiger partial charge on any atom is 0.418 e. The maximum atomic E-state index is 15.0. The van der Waals surface area contributed by atoms with E-state index in [2.05, 4.69) is 14.6 Å². The first-order valence-corrected chi connectivity index (χ1v) is 11.3. The van der Waals surface area contributed by atoms with Crippen LogP contribution in [0.1, 0.15) is 34.6 Å². The molecule has 0 radical (unpaired) electrons. The number of hydrogen-bond donors (Lipinski definition) is 1. The largest absolute Gasteiger partial charge is 0.471 e. The lowest BCUT2D eigenvalue weighted by Gasteiger charge is -2.30. The fourth-order valence-corrected chi connectivity index (χ4v) is 4.01. The Kier molecular flexibility index (Phi) is 9.00. The third-order valence-electron chi connectivity index (χ3n) is 5.86. The van der Waals surface area contributed by atoms with Crippen molar-refractivity contribution in [3.63, 3.8) is 0 Å². The standard InChI is InChI=1S/C23H23F4N3O3.C2H4O2/c1-13(31)14-3-4-17(18(24)9-14)21-19(11-16-12-29(2)7-8-33-16)30-6-5-15(10-20(30)28-21)22(32)23(25,26)27;1-4-2-3/h3-6,9-10,16,22,32H,7-8,11-12H2,1-2H3;2H,1H3. The quantitative estimate of drug-likeness (QED) is 0.299. The number of carbonyl (C=O) groups excluding carboxylic acids is 2. The molecule has 200 valence electrons. The van der Waals surface area contributed by atoms with Crippen LogP contribution in [0.5, 0.6) is 0 Å². The lowest BCUT2D eigenvalue weighted by Crippen LogP contribution is -2.41. The smallest absolute Gasteiger partial charge is 0.418 e. The number of methoxy groups -OCH3 is 1. The van der Waals surface area contributed by atoms with Crippen LogP contribution in [0.2, 0.25) is 0 Å². The van der Waals surface area contributed by atoms with Gasteiger partial charge in [-0.05, 0) is 43.8 Å². The Morgan fingerprint density at radius 2 is 2.03 bits per heavy atom. The van der Waals surface area contributed by atoms with Crippen molar-refractivity contribution in [2.45, 2.75) is 31.7 Å². The molecule has 1 aromatic carbocycles. The van der Waals surface area contributed by atoms with E-state index in [0.717, 1.165) is 18.7 Å². The molecular weight excluding hydrogens is 498 g/mol. The summed E-state index contributed by atoms with van der Waals surface area (Å²) in [6.07, 6.45) is -5.97.